The smallest absolute Gasteiger partial charge is 0.191 e. The average molecular weight is 369 g/mol. The van der Waals surface area contributed by atoms with Crippen molar-refractivity contribution in [3.63, 3.8) is 0 Å². The summed E-state index contributed by atoms with van der Waals surface area (Å²) in [5.41, 5.74) is 1.80. The second-order valence-electron chi connectivity index (χ2n) is 5.67. The highest BCUT2D eigenvalue weighted by atomic mass is 32.1. The van der Waals surface area contributed by atoms with Gasteiger partial charge in [0.05, 0.1) is 13.1 Å². The molecule has 2 N–H and O–H groups in total. The number of hydrogen-bond acceptors (Lipinski definition) is 5. The molecule has 3 aromatic rings. The summed E-state index contributed by atoms with van der Waals surface area (Å²) in [7, 11) is 0. The zero-order valence-corrected chi connectivity index (χ0v) is 15.8. The fourth-order valence-electron chi connectivity index (χ4n) is 2.38. The number of aryl methyl sites for hydroxylation is 1. The lowest BCUT2D eigenvalue weighted by Crippen LogP contribution is -2.36. The largest absolute Gasteiger partial charge is 0.357 e. The monoisotopic (exact) mass is 369 g/mol. The summed E-state index contributed by atoms with van der Waals surface area (Å²) < 4.78 is 5.42. The number of nitrogens with zero attached hydrogens (tertiary/aromatic N) is 3. The number of hydrogen-bond donors (Lipinski definition) is 2. The Labute approximate surface area is 157 Å². The Balaban J connectivity index is 1.61. The van der Waals surface area contributed by atoms with Gasteiger partial charge in [-0.1, -0.05) is 42.4 Å². The normalized spacial score (nSPS) is 11.5. The summed E-state index contributed by atoms with van der Waals surface area (Å²) in [6.07, 6.45) is 2.95. The fraction of sp³-hybridized carbons (Fsp3) is 0.316. The van der Waals surface area contributed by atoms with Crippen molar-refractivity contribution in [2.24, 2.45) is 4.99 Å². The van der Waals surface area contributed by atoms with Crippen molar-refractivity contribution < 1.29 is 4.52 Å². The van der Waals surface area contributed by atoms with Gasteiger partial charge in [0.1, 0.15) is 10.7 Å². The summed E-state index contributed by atoms with van der Waals surface area (Å²) in [4.78, 5) is 10.3. The molecular formula is C19H23N5OS. The summed E-state index contributed by atoms with van der Waals surface area (Å²) in [5.74, 6) is 1.49. The molecule has 0 radical (unpaired) electrons. The molecule has 0 saturated carbocycles. The van der Waals surface area contributed by atoms with Gasteiger partial charge in [-0.2, -0.15) is 0 Å². The maximum Gasteiger partial charge on any atom is 0.191 e. The van der Waals surface area contributed by atoms with Gasteiger partial charge >= 0.3 is 0 Å². The van der Waals surface area contributed by atoms with Crippen LogP contribution in [-0.2, 0) is 19.5 Å². The van der Waals surface area contributed by atoms with Crippen LogP contribution in [0.5, 0.6) is 0 Å². The Morgan fingerprint density at radius 3 is 2.77 bits per heavy atom. The van der Waals surface area contributed by atoms with Crippen molar-refractivity contribution in [3.05, 3.63) is 58.2 Å². The van der Waals surface area contributed by atoms with Crippen molar-refractivity contribution in [1.82, 2.24) is 20.8 Å². The third kappa shape index (κ3) is 4.92. The Kier molecular flexibility index (Phi) is 6.38. The number of thiazole rings is 1. The van der Waals surface area contributed by atoms with Gasteiger partial charge in [0.15, 0.2) is 11.7 Å². The first kappa shape index (κ1) is 18.1. The Hall–Kier alpha value is -2.67. The molecule has 1 aromatic carbocycles. The van der Waals surface area contributed by atoms with Crippen LogP contribution in [-0.4, -0.2) is 22.6 Å². The molecule has 0 aliphatic carbocycles. The number of nitrogens with one attached hydrogen (secondary N) is 2. The van der Waals surface area contributed by atoms with Gasteiger partial charge in [-0.25, -0.2) is 9.98 Å². The van der Waals surface area contributed by atoms with Gasteiger partial charge in [-0.3, -0.25) is 0 Å². The predicted molar refractivity (Wildman–Crippen MR) is 105 cm³/mol. The first-order chi connectivity index (χ1) is 12.8. The van der Waals surface area contributed by atoms with E-state index in [0.29, 0.717) is 13.1 Å². The van der Waals surface area contributed by atoms with Crippen molar-refractivity contribution in [3.8, 4) is 11.3 Å². The number of guanidine groups is 1. The molecule has 0 amide bonds. The van der Waals surface area contributed by atoms with E-state index in [0.717, 1.165) is 41.0 Å². The lowest BCUT2D eigenvalue weighted by atomic mass is 10.2. The van der Waals surface area contributed by atoms with Crippen LogP contribution in [0.3, 0.4) is 0 Å². The van der Waals surface area contributed by atoms with Crippen molar-refractivity contribution >= 4 is 17.3 Å². The molecule has 26 heavy (non-hydrogen) atoms. The highest BCUT2D eigenvalue weighted by molar-refractivity contribution is 7.11. The van der Waals surface area contributed by atoms with Gasteiger partial charge < -0.3 is 15.2 Å². The minimum atomic E-state index is 0.448. The van der Waals surface area contributed by atoms with Gasteiger partial charge in [-0.15, -0.1) is 11.3 Å². The standard InChI is InChI=1S/C19H23N5OS/c1-3-16-12-21-18(26-16)13-23-19(20-4-2)22-11-15-10-17(25-24-15)14-8-6-5-7-9-14/h5-10,12H,3-4,11,13H2,1-2H3,(H2,20,22,23). The molecule has 0 bridgehead atoms. The van der Waals surface area contributed by atoms with Crippen LogP contribution < -0.4 is 10.6 Å². The van der Waals surface area contributed by atoms with Crippen LogP contribution in [0, 0.1) is 0 Å². The number of aliphatic imine (C=N–C) groups is 1. The molecule has 2 aromatic heterocycles. The molecule has 6 nitrogen and oxygen atoms in total. The zero-order valence-electron chi connectivity index (χ0n) is 15.0. The Morgan fingerprint density at radius 2 is 2.04 bits per heavy atom. The molecule has 3 rings (SSSR count). The summed E-state index contributed by atoms with van der Waals surface area (Å²) in [5, 5.41) is 11.7. The predicted octanol–water partition coefficient (Wildman–Crippen LogP) is 3.62. The van der Waals surface area contributed by atoms with Crippen LogP contribution in [0.1, 0.15) is 29.4 Å². The maximum atomic E-state index is 5.42. The van der Waals surface area contributed by atoms with Crippen LogP contribution in [0.4, 0.5) is 0 Å². The molecule has 0 unspecified atom stereocenters. The van der Waals surface area contributed by atoms with E-state index in [-0.39, 0.29) is 0 Å². The SMILES string of the molecule is CCNC(=NCc1cc(-c2ccccc2)on1)NCc1ncc(CC)s1. The first-order valence-electron chi connectivity index (χ1n) is 8.75. The van der Waals surface area contributed by atoms with Gasteiger partial charge in [0.2, 0.25) is 0 Å². The minimum absolute atomic E-state index is 0.448. The number of rotatable bonds is 7. The van der Waals surface area contributed by atoms with Crippen LogP contribution >= 0.6 is 11.3 Å². The summed E-state index contributed by atoms with van der Waals surface area (Å²) in [6.45, 7) is 6.07. The lowest BCUT2D eigenvalue weighted by Gasteiger charge is -2.09. The van der Waals surface area contributed by atoms with E-state index in [1.54, 1.807) is 11.3 Å². The third-order valence-electron chi connectivity index (χ3n) is 3.72. The van der Waals surface area contributed by atoms with E-state index in [2.05, 4.69) is 32.7 Å². The van der Waals surface area contributed by atoms with Crippen LogP contribution in [0.2, 0.25) is 0 Å². The minimum Gasteiger partial charge on any atom is -0.357 e. The van der Waals surface area contributed by atoms with E-state index in [1.165, 1.54) is 4.88 Å². The average Bonchev–Trinajstić information content (AvgIpc) is 3.34. The molecule has 0 atom stereocenters. The second-order valence-corrected chi connectivity index (χ2v) is 6.87. The molecule has 0 fully saturated rings. The van der Waals surface area contributed by atoms with Gasteiger partial charge in [0, 0.05) is 29.2 Å². The third-order valence-corrected chi connectivity index (χ3v) is 4.86. The molecule has 2 heterocycles. The molecule has 0 spiro atoms. The molecule has 0 saturated heterocycles. The molecule has 0 aliphatic heterocycles. The highest BCUT2D eigenvalue weighted by Gasteiger charge is 2.07. The molecule has 136 valence electrons. The molecule has 0 aliphatic rings. The number of benzene rings is 1. The Bertz CT molecular complexity index is 841. The summed E-state index contributed by atoms with van der Waals surface area (Å²) >= 11 is 1.72. The maximum absolute atomic E-state index is 5.42. The van der Waals surface area contributed by atoms with E-state index in [1.807, 2.05) is 49.5 Å². The molecule has 7 heteroatoms. The molecular weight excluding hydrogens is 346 g/mol. The van der Waals surface area contributed by atoms with Crippen LogP contribution in [0.15, 0.2) is 52.1 Å². The summed E-state index contributed by atoms with van der Waals surface area (Å²) in [6, 6.07) is 11.9. The highest BCUT2D eigenvalue weighted by Crippen LogP contribution is 2.20. The zero-order chi connectivity index (χ0) is 18.2. The van der Waals surface area contributed by atoms with Gasteiger partial charge in [-0.05, 0) is 13.3 Å². The van der Waals surface area contributed by atoms with E-state index in [9.17, 15) is 0 Å². The van der Waals surface area contributed by atoms with Crippen molar-refractivity contribution in [1.29, 1.82) is 0 Å². The lowest BCUT2D eigenvalue weighted by molar-refractivity contribution is 0.424. The van der Waals surface area contributed by atoms with Gasteiger partial charge in [0.25, 0.3) is 0 Å². The first-order valence-corrected chi connectivity index (χ1v) is 9.57. The van der Waals surface area contributed by atoms with E-state index >= 15 is 0 Å². The van der Waals surface area contributed by atoms with Crippen LogP contribution in [0.25, 0.3) is 11.3 Å². The topological polar surface area (TPSA) is 75.3 Å². The Morgan fingerprint density at radius 1 is 1.19 bits per heavy atom. The van der Waals surface area contributed by atoms with E-state index < -0.39 is 0 Å². The second kappa shape index (κ2) is 9.15. The van der Waals surface area contributed by atoms with Crippen molar-refractivity contribution in [2.45, 2.75) is 33.4 Å². The van der Waals surface area contributed by atoms with Crippen molar-refractivity contribution in [2.75, 3.05) is 6.54 Å². The fourth-order valence-corrected chi connectivity index (χ4v) is 3.18. The van der Waals surface area contributed by atoms with E-state index in [4.69, 9.17) is 4.52 Å². The number of aromatic nitrogens is 2. The quantitative estimate of drug-likeness (QED) is 0.491.